The SMILES string of the molecule is Cc1cc(C)cc(-n2c(C)cc(C(=O)CSc3nnc(-c4cccnc4)n3C)c2C)c1. The molecule has 4 rings (SSSR count). The second-order valence-electron chi connectivity index (χ2n) is 7.78. The molecular weight excluding hydrogens is 406 g/mol. The summed E-state index contributed by atoms with van der Waals surface area (Å²) in [5.41, 5.74) is 7.16. The van der Waals surface area contributed by atoms with Gasteiger partial charge >= 0.3 is 0 Å². The number of nitrogens with zero attached hydrogens (tertiary/aromatic N) is 5. The third-order valence-electron chi connectivity index (χ3n) is 5.28. The number of thioether (sulfide) groups is 1. The van der Waals surface area contributed by atoms with Crippen LogP contribution in [0.5, 0.6) is 0 Å². The first-order chi connectivity index (χ1) is 14.8. The lowest BCUT2D eigenvalue weighted by Gasteiger charge is -2.12. The normalized spacial score (nSPS) is 11.1. The van der Waals surface area contributed by atoms with Crippen LogP contribution in [-0.2, 0) is 7.05 Å². The lowest BCUT2D eigenvalue weighted by Crippen LogP contribution is -2.07. The first-order valence-corrected chi connectivity index (χ1v) is 11.1. The second-order valence-corrected chi connectivity index (χ2v) is 8.73. The van der Waals surface area contributed by atoms with Gasteiger partial charge in [-0.1, -0.05) is 17.8 Å². The number of aryl methyl sites for hydroxylation is 3. The molecule has 1 aromatic carbocycles. The lowest BCUT2D eigenvalue weighted by atomic mass is 10.1. The van der Waals surface area contributed by atoms with Crippen LogP contribution in [0.3, 0.4) is 0 Å². The van der Waals surface area contributed by atoms with Crippen molar-refractivity contribution in [1.82, 2.24) is 24.3 Å². The number of hydrogen-bond donors (Lipinski definition) is 0. The van der Waals surface area contributed by atoms with Gasteiger partial charge in [0.25, 0.3) is 0 Å². The third kappa shape index (κ3) is 4.18. The maximum atomic E-state index is 13.1. The minimum atomic E-state index is 0.0830. The van der Waals surface area contributed by atoms with Crippen LogP contribution in [0.2, 0.25) is 0 Å². The van der Waals surface area contributed by atoms with Gasteiger partial charge in [0.1, 0.15) is 0 Å². The van der Waals surface area contributed by atoms with Gasteiger partial charge in [-0.15, -0.1) is 10.2 Å². The van der Waals surface area contributed by atoms with Crippen LogP contribution in [0, 0.1) is 27.7 Å². The third-order valence-corrected chi connectivity index (χ3v) is 6.30. The van der Waals surface area contributed by atoms with Gasteiger partial charge in [-0.05, 0) is 69.2 Å². The highest BCUT2D eigenvalue weighted by molar-refractivity contribution is 7.99. The molecule has 0 atom stereocenters. The quantitative estimate of drug-likeness (QED) is 0.322. The Kier molecular flexibility index (Phi) is 5.78. The van der Waals surface area contributed by atoms with Crippen molar-refractivity contribution in [1.29, 1.82) is 0 Å². The average Bonchev–Trinajstić information content (AvgIpc) is 3.25. The Morgan fingerprint density at radius 1 is 1.03 bits per heavy atom. The molecule has 0 amide bonds. The number of rotatable bonds is 6. The molecule has 0 saturated carbocycles. The second kappa shape index (κ2) is 8.51. The van der Waals surface area contributed by atoms with Crippen molar-refractivity contribution >= 4 is 17.5 Å². The smallest absolute Gasteiger partial charge is 0.191 e. The van der Waals surface area contributed by atoms with Crippen molar-refractivity contribution in [3.63, 3.8) is 0 Å². The van der Waals surface area contributed by atoms with E-state index in [4.69, 9.17) is 0 Å². The van der Waals surface area contributed by atoms with Gasteiger partial charge in [-0.3, -0.25) is 9.78 Å². The molecule has 3 heterocycles. The minimum Gasteiger partial charge on any atom is -0.318 e. The number of carbonyl (C=O) groups excluding carboxylic acids is 1. The maximum absolute atomic E-state index is 13.1. The van der Waals surface area contributed by atoms with Gasteiger partial charge in [0.05, 0.1) is 5.75 Å². The van der Waals surface area contributed by atoms with Crippen molar-refractivity contribution in [3.8, 4) is 17.1 Å². The summed E-state index contributed by atoms with van der Waals surface area (Å²) in [5.74, 6) is 1.12. The highest BCUT2D eigenvalue weighted by Crippen LogP contribution is 2.26. The van der Waals surface area contributed by atoms with Crippen LogP contribution in [0.15, 0.2) is 53.9 Å². The number of Topliss-reactive ketones (excluding diaryl/α,β-unsaturated/α-hetero) is 1. The Hall–Kier alpha value is -3.19. The lowest BCUT2D eigenvalue weighted by molar-refractivity contribution is 0.102. The number of aromatic nitrogens is 5. The first kappa shape index (κ1) is 21.1. The topological polar surface area (TPSA) is 65.6 Å². The van der Waals surface area contributed by atoms with Gasteiger partial charge in [0.2, 0.25) is 0 Å². The van der Waals surface area contributed by atoms with Crippen LogP contribution in [0.4, 0.5) is 0 Å². The van der Waals surface area contributed by atoms with Crippen LogP contribution in [0.25, 0.3) is 17.1 Å². The maximum Gasteiger partial charge on any atom is 0.191 e. The molecule has 0 aliphatic rings. The van der Waals surface area contributed by atoms with E-state index < -0.39 is 0 Å². The summed E-state index contributed by atoms with van der Waals surface area (Å²) in [4.78, 5) is 17.2. The van der Waals surface area contributed by atoms with Gasteiger partial charge < -0.3 is 9.13 Å². The van der Waals surface area contributed by atoms with Crippen LogP contribution < -0.4 is 0 Å². The number of pyridine rings is 1. The zero-order chi connectivity index (χ0) is 22.1. The van der Waals surface area contributed by atoms with E-state index >= 15 is 0 Å². The van der Waals surface area contributed by atoms with Crippen molar-refractivity contribution in [2.45, 2.75) is 32.9 Å². The highest BCUT2D eigenvalue weighted by Gasteiger charge is 2.19. The van der Waals surface area contributed by atoms with Crippen LogP contribution in [0.1, 0.15) is 32.9 Å². The van der Waals surface area contributed by atoms with Gasteiger partial charge in [-0.2, -0.15) is 0 Å². The number of benzene rings is 1. The zero-order valence-electron chi connectivity index (χ0n) is 18.4. The van der Waals surface area contributed by atoms with E-state index in [0.717, 1.165) is 34.0 Å². The molecule has 31 heavy (non-hydrogen) atoms. The standard InChI is InChI=1S/C24H25N5OS/c1-15-9-16(2)11-20(10-15)29-17(3)12-21(18(29)4)22(30)14-31-24-27-26-23(28(24)5)19-7-6-8-25-13-19/h6-13H,14H2,1-5H3. The Labute approximate surface area is 186 Å². The average molecular weight is 432 g/mol. The fraction of sp³-hybridized carbons (Fsp3) is 0.250. The molecule has 0 radical (unpaired) electrons. The fourth-order valence-electron chi connectivity index (χ4n) is 3.92. The van der Waals surface area contributed by atoms with E-state index in [-0.39, 0.29) is 5.78 Å². The predicted octanol–water partition coefficient (Wildman–Crippen LogP) is 4.88. The number of hydrogen-bond acceptors (Lipinski definition) is 5. The Bertz CT molecular complexity index is 1240. The monoisotopic (exact) mass is 431 g/mol. The fourth-order valence-corrected chi connectivity index (χ4v) is 4.71. The highest BCUT2D eigenvalue weighted by atomic mass is 32.2. The van der Waals surface area contributed by atoms with Gasteiger partial charge in [0, 0.05) is 47.6 Å². The number of carbonyl (C=O) groups is 1. The molecule has 0 spiro atoms. The molecule has 0 bridgehead atoms. The van der Waals surface area contributed by atoms with E-state index in [2.05, 4.69) is 51.8 Å². The van der Waals surface area contributed by atoms with Crippen molar-refractivity contribution in [2.24, 2.45) is 7.05 Å². The summed E-state index contributed by atoms with van der Waals surface area (Å²) in [5, 5.41) is 9.23. The summed E-state index contributed by atoms with van der Waals surface area (Å²) in [7, 11) is 1.90. The van der Waals surface area contributed by atoms with Crippen molar-refractivity contribution in [2.75, 3.05) is 5.75 Å². The summed E-state index contributed by atoms with van der Waals surface area (Å²) in [6.07, 6.45) is 3.48. The summed E-state index contributed by atoms with van der Waals surface area (Å²) < 4.78 is 4.05. The molecule has 4 aromatic rings. The molecule has 0 saturated heterocycles. The largest absolute Gasteiger partial charge is 0.318 e. The van der Waals surface area contributed by atoms with E-state index in [1.54, 1.807) is 12.4 Å². The molecular formula is C24H25N5OS. The molecule has 0 unspecified atom stereocenters. The molecule has 0 N–H and O–H groups in total. The first-order valence-electron chi connectivity index (χ1n) is 10.1. The van der Waals surface area contributed by atoms with E-state index in [0.29, 0.717) is 10.9 Å². The predicted molar refractivity (Wildman–Crippen MR) is 124 cm³/mol. The molecule has 0 aliphatic carbocycles. The number of ketones is 1. The van der Waals surface area contributed by atoms with Crippen molar-refractivity contribution in [3.05, 3.63) is 76.9 Å². The molecule has 3 aromatic heterocycles. The van der Waals surface area contributed by atoms with E-state index in [1.807, 2.05) is 43.7 Å². The van der Waals surface area contributed by atoms with Gasteiger partial charge in [-0.25, -0.2) is 0 Å². The van der Waals surface area contributed by atoms with Crippen LogP contribution >= 0.6 is 11.8 Å². The van der Waals surface area contributed by atoms with Gasteiger partial charge in [0.15, 0.2) is 16.8 Å². The summed E-state index contributed by atoms with van der Waals surface area (Å²) in [6, 6.07) is 12.2. The Morgan fingerprint density at radius 3 is 2.45 bits per heavy atom. The summed E-state index contributed by atoms with van der Waals surface area (Å²) >= 11 is 1.40. The molecule has 0 aliphatic heterocycles. The Morgan fingerprint density at radius 2 is 1.77 bits per heavy atom. The summed E-state index contributed by atoms with van der Waals surface area (Å²) in [6.45, 7) is 8.23. The molecule has 0 fully saturated rings. The van der Waals surface area contributed by atoms with E-state index in [1.165, 1.54) is 22.9 Å². The molecule has 7 heteroatoms. The molecule has 158 valence electrons. The zero-order valence-corrected chi connectivity index (χ0v) is 19.2. The Balaban J connectivity index is 1.55. The van der Waals surface area contributed by atoms with Crippen LogP contribution in [-0.4, -0.2) is 35.9 Å². The molecule has 6 nitrogen and oxygen atoms in total. The van der Waals surface area contributed by atoms with E-state index in [9.17, 15) is 4.79 Å². The minimum absolute atomic E-state index is 0.0830. The van der Waals surface area contributed by atoms with Crippen molar-refractivity contribution < 1.29 is 4.79 Å².